The highest BCUT2D eigenvalue weighted by Gasteiger charge is 2.30. The fourth-order valence-electron chi connectivity index (χ4n) is 2.60. The van der Waals surface area contributed by atoms with Crippen LogP contribution in [-0.4, -0.2) is 29.5 Å². The lowest BCUT2D eigenvalue weighted by Gasteiger charge is -2.25. The predicted octanol–water partition coefficient (Wildman–Crippen LogP) is 3.26. The Morgan fingerprint density at radius 3 is 2.75 bits per heavy atom. The van der Waals surface area contributed by atoms with Crippen molar-refractivity contribution in [1.29, 1.82) is 0 Å². The van der Waals surface area contributed by atoms with Crippen molar-refractivity contribution in [2.45, 2.75) is 39.3 Å². The average molecular weight is 277 g/mol. The molecule has 0 heterocycles. The van der Waals surface area contributed by atoms with E-state index in [1.807, 2.05) is 13.0 Å². The second kappa shape index (κ2) is 6.22. The molecule has 0 aliphatic heterocycles. The van der Waals surface area contributed by atoms with E-state index in [0.29, 0.717) is 18.3 Å². The summed E-state index contributed by atoms with van der Waals surface area (Å²) in [6.07, 6.45) is 2.61. The standard InChI is InChI=1S/C15H23N3O2/c1-4-16-15-13(6-5-7-14(15)18(19)20)10-17(3)11(2)12-8-9-12/h5-7,11-12,16H,4,8-10H2,1-3H3. The zero-order valence-electron chi connectivity index (χ0n) is 12.4. The smallest absolute Gasteiger partial charge is 0.292 e. The summed E-state index contributed by atoms with van der Waals surface area (Å²) < 4.78 is 0. The monoisotopic (exact) mass is 277 g/mol. The van der Waals surface area contributed by atoms with Gasteiger partial charge in [0.2, 0.25) is 0 Å². The van der Waals surface area contributed by atoms with Crippen molar-refractivity contribution in [3.63, 3.8) is 0 Å². The summed E-state index contributed by atoms with van der Waals surface area (Å²) in [4.78, 5) is 13.1. The first kappa shape index (κ1) is 14.8. The molecule has 0 bridgehead atoms. The van der Waals surface area contributed by atoms with Crippen LogP contribution < -0.4 is 5.32 Å². The van der Waals surface area contributed by atoms with Crippen molar-refractivity contribution in [1.82, 2.24) is 4.90 Å². The van der Waals surface area contributed by atoms with Crippen LogP contribution in [0.1, 0.15) is 32.3 Å². The van der Waals surface area contributed by atoms with Crippen molar-refractivity contribution in [2.24, 2.45) is 5.92 Å². The molecule has 1 aliphatic rings. The van der Waals surface area contributed by atoms with Gasteiger partial charge in [0.25, 0.3) is 5.69 Å². The number of nitrogens with one attached hydrogen (secondary N) is 1. The SMILES string of the molecule is CCNc1c(CN(C)C(C)C2CC2)cccc1[N+](=O)[O-]. The molecule has 5 heteroatoms. The molecular formula is C15H23N3O2. The van der Waals surface area contributed by atoms with Crippen molar-refractivity contribution >= 4 is 11.4 Å². The van der Waals surface area contributed by atoms with Gasteiger partial charge >= 0.3 is 0 Å². The number of nitrogens with zero attached hydrogens (tertiary/aromatic N) is 2. The molecule has 0 saturated heterocycles. The van der Waals surface area contributed by atoms with Gasteiger partial charge in [-0.3, -0.25) is 15.0 Å². The van der Waals surface area contributed by atoms with Gasteiger partial charge in [0.1, 0.15) is 5.69 Å². The summed E-state index contributed by atoms with van der Waals surface area (Å²) in [7, 11) is 2.09. The molecule has 0 radical (unpaired) electrons. The molecule has 1 fully saturated rings. The molecule has 0 spiro atoms. The molecule has 0 aromatic heterocycles. The highest BCUT2D eigenvalue weighted by Crippen LogP contribution is 2.36. The maximum Gasteiger partial charge on any atom is 0.292 e. The maximum absolute atomic E-state index is 11.1. The third-order valence-corrected chi connectivity index (χ3v) is 4.10. The van der Waals surface area contributed by atoms with Crippen molar-refractivity contribution in [3.05, 3.63) is 33.9 Å². The Balaban J connectivity index is 2.21. The number of hydrogen-bond donors (Lipinski definition) is 1. The number of hydrogen-bond acceptors (Lipinski definition) is 4. The summed E-state index contributed by atoms with van der Waals surface area (Å²) in [5, 5.41) is 14.3. The zero-order valence-corrected chi connectivity index (χ0v) is 12.4. The van der Waals surface area contributed by atoms with Gasteiger partial charge in [-0.15, -0.1) is 0 Å². The van der Waals surface area contributed by atoms with Gasteiger partial charge in [-0.05, 0) is 45.2 Å². The van der Waals surface area contributed by atoms with Crippen LogP contribution in [0.2, 0.25) is 0 Å². The molecule has 1 aromatic rings. The van der Waals surface area contributed by atoms with Gasteiger partial charge in [0.05, 0.1) is 4.92 Å². The van der Waals surface area contributed by atoms with Crippen LogP contribution in [0.25, 0.3) is 0 Å². The van der Waals surface area contributed by atoms with Gasteiger partial charge in [0, 0.05) is 25.2 Å². The Kier molecular flexibility index (Phi) is 4.60. The second-order valence-electron chi connectivity index (χ2n) is 5.59. The van der Waals surface area contributed by atoms with Crippen molar-refractivity contribution in [3.8, 4) is 0 Å². The van der Waals surface area contributed by atoms with Gasteiger partial charge in [-0.2, -0.15) is 0 Å². The van der Waals surface area contributed by atoms with Crippen LogP contribution in [0, 0.1) is 16.0 Å². The van der Waals surface area contributed by atoms with E-state index in [1.54, 1.807) is 12.1 Å². The van der Waals surface area contributed by atoms with Gasteiger partial charge in [-0.1, -0.05) is 12.1 Å². The van der Waals surface area contributed by atoms with Gasteiger partial charge < -0.3 is 5.32 Å². The number of benzene rings is 1. The van der Waals surface area contributed by atoms with Gasteiger partial charge in [0.15, 0.2) is 0 Å². The fourth-order valence-corrected chi connectivity index (χ4v) is 2.60. The largest absolute Gasteiger partial charge is 0.380 e. The Labute approximate surface area is 120 Å². The van der Waals surface area contributed by atoms with E-state index in [-0.39, 0.29) is 10.6 Å². The molecule has 20 heavy (non-hydrogen) atoms. The molecule has 2 rings (SSSR count). The third-order valence-electron chi connectivity index (χ3n) is 4.10. The molecule has 1 N–H and O–H groups in total. The maximum atomic E-state index is 11.1. The van der Waals surface area contributed by atoms with Crippen LogP contribution in [0.3, 0.4) is 0 Å². The van der Waals surface area contributed by atoms with E-state index in [4.69, 9.17) is 0 Å². The van der Waals surface area contributed by atoms with Gasteiger partial charge in [-0.25, -0.2) is 0 Å². The number of nitro groups is 1. The summed E-state index contributed by atoms with van der Waals surface area (Å²) in [5.74, 6) is 0.793. The fraction of sp³-hybridized carbons (Fsp3) is 0.600. The molecular weight excluding hydrogens is 254 g/mol. The van der Waals surface area contributed by atoms with Crippen LogP contribution in [0.5, 0.6) is 0 Å². The lowest BCUT2D eigenvalue weighted by molar-refractivity contribution is -0.384. The first-order chi connectivity index (χ1) is 9.54. The number of para-hydroxylation sites is 1. The topological polar surface area (TPSA) is 58.4 Å². The minimum atomic E-state index is -0.314. The highest BCUT2D eigenvalue weighted by molar-refractivity contribution is 5.66. The normalized spacial score (nSPS) is 16.2. The summed E-state index contributed by atoms with van der Waals surface area (Å²) in [5.41, 5.74) is 1.82. The summed E-state index contributed by atoms with van der Waals surface area (Å²) in [6, 6.07) is 5.83. The number of rotatable bonds is 7. The zero-order chi connectivity index (χ0) is 14.7. The van der Waals surface area contributed by atoms with Crippen molar-refractivity contribution < 1.29 is 4.92 Å². The molecule has 1 unspecified atom stereocenters. The molecule has 0 amide bonds. The summed E-state index contributed by atoms with van der Waals surface area (Å²) >= 11 is 0. The Morgan fingerprint density at radius 1 is 1.50 bits per heavy atom. The molecule has 1 aromatic carbocycles. The molecule has 110 valence electrons. The van der Waals surface area contributed by atoms with Crippen molar-refractivity contribution in [2.75, 3.05) is 18.9 Å². The minimum Gasteiger partial charge on any atom is -0.380 e. The third kappa shape index (κ3) is 3.28. The predicted molar refractivity (Wildman–Crippen MR) is 80.9 cm³/mol. The quantitative estimate of drug-likeness (QED) is 0.614. The highest BCUT2D eigenvalue weighted by atomic mass is 16.6. The molecule has 1 atom stereocenters. The van der Waals surface area contributed by atoms with Crippen LogP contribution >= 0.6 is 0 Å². The van der Waals surface area contributed by atoms with E-state index >= 15 is 0 Å². The first-order valence-electron chi connectivity index (χ1n) is 7.25. The number of anilines is 1. The lowest BCUT2D eigenvalue weighted by Crippen LogP contribution is -2.30. The Hall–Kier alpha value is -1.62. The van der Waals surface area contributed by atoms with E-state index in [2.05, 4.69) is 24.2 Å². The van der Waals surface area contributed by atoms with E-state index < -0.39 is 0 Å². The lowest BCUT2D eigenvalue weighted by atomic mass is 10.1. The van der Waals surface area contributed by atoms with E-state index in [1.165, 1.54) is 12.8 Å². The minimum absolute atomic E-state index is 0.164. The van der Waals surface area contributed by atoms with E-state index in [9.17, 15) is 10.1 Å². The average Bonchev–Trinajstić information content (AvgIpc) is 3.24. The van der Waals surface area contributed by atoms with Crippen LogP contribution in [-0.2, 0) is 6.54 Å². The molecule has 1 saturated carbocycles. The molecule has 1 aliphatic carbocycles. The first-order valence-corrected chi connectivity index (χ1v) is 7.25. The Morgan fingerprint density at radius 2 is 2.20 bits per heavy atom. The number of nitro benzene ring substituents is 1. The van der Waals surface area contributed by atoms with Crippen LogP contribution in [0.4, 0.5) is 11.4 Å². The molecule has 5 nitrogen and oxygen atoms in total. The Bertz CT molecular complexity index is 486. The second-order valence-corrected chi connectivity index (χ2v) is 5.59. The van der Waals surface area contributed by atoms with E-state index in [0.717, 1.165) is 18.0 Å². The van der Waals surface area contributed by atoms with Crippen LogP contribution in [0.15, 0.2) is 18.2 Å². The summed E-state index contributed by atoms with van der Waals surface area (Å²) in [6.45, 7) is 5.61.